The van der Waals surface area contributed by atoms with Gasteiger partial charge in [0.1, 0.15) is 48.9 Å². The maximum atomic E-state index is 16.1. The molecule has 0 saturated heterocycles. The van der Waals surface area contributed by atoms with Gasteiger partial charge in [0.15, 0.2) is 0 Å². The molecule has 0 spiro atoms. The number of hydrogen-bond acceptors (Lipinski definition) is 7. The molecule has 1 unspecified atom stereocenters. The lowest BCUT2D eigenvalue weighted by atomic mass is 9.83. The fraction of sp³-hybridized carbons (Fsp3) is 0.324. The summed E-state index contributed by atoms with van der Waals surface area (Å²) in [6, 6.07) is 13.3. The number of halogens is 4. The number of phenolic OH excluding ortho intramolecular Hbond substituents is 1. The number of fused-ring (bicyclic) bond motifs is 1. The summed E-state index contributed by atoms with van der Waals surface area (Å²) in [6.07, 6.45) is -4.16. The Morgan fingerprint density at radius 2 is 1.71 bits per heavy atom. The van der Waals surface area contributed by atoms with Gasteiger partial charge in [-0.05, 0) is 61.6 Å². The van der Waals surface area contributed by atoms with E-state index in [-0.39, 0.29) is 46.0 Å². The number of carbonyl (C=O) groups excluding carboxylic acids is 3. The second-order valence-corrected chi connectivity index (χ2v) is 11.5. The van der Waals surface area contributed by atoms with E-state index in [1.165, 1.54) is 41.3 Å². The van der Waals surface area contributed by atoms with Crippen molar-refractivity contribution in [2.24, 2.45) is 5.41 Å². The SMILES string of the molecule is C=O.C=O.CC#CCOc1ccc(C2C(C)=C(CC(C)(C)CC)Nc3c(O)cccc3N2C(=O)Cc2ccccc2OC(F)(F)F)c(F)c1. The summed E-state index contributed by atoms with van der Waals surface area (Å²) >= 11 is 0. The number of rotatable bonds is 9. The third-order valence-corrected chi connectivity index (χ3v) is 7.88. The molecule has 0 aliphatic carbocycles. The molecule has 262 valence electrons. The van der Waals surface area contributed by atoms with Gasteiger partial charge in [0.25, 0.3) is 0 Å². The van der Waals surface area contributed by atoms with E-state index in [1.54, 1.807) is 32.0 Å². The second kappa shape index (κ2) is 17.7. The highest BCUT2D eigenvalue weighted by atomic mass is 19.4. The molecule has 2 N–H and O–H groups in total. The van der Waals surface area contributed by atoms with Crippen molar-refractivity contribution in [2.75, 3.05) is 16.8 Å². The lowest BCUT2D eigenvalue weighted by molar-refractivity contribution is -0.274. The Hall–Kier alpha value is -5.31. The number of carbonyl (C=O) groups is 3. The monoisotopic (exact) mass is 684 g/mol. The number of anilines is 2. The summed E-state index contributed by atoms with van der Waals surface area (Å²) in [5.74, 6) is 3.75. The largest absolute Gasteiger partial charge is 0.573 e. The van der Waals surface area contributed by atoms with Gasteiger partial charge in [-0.3, -0.25) is 9.69 Å². The molecule has 4 rings (SSSR count). The number of allylic oxidation sites excluding steroid dienone is 1. The van der Waals surface area contributed by atoms with Crippen molar-refractivity contribution >= 4 is 30.9 Å². The van der Waals surface area contributed by atoms with Crippen LogP contribution in [0.15, 0.2) is 71.9 Å². The van der Waals surface area contributed by atoms with E-state index in [1.807, 2.05) is 20.5 Å². The Labute approximate surface area is 283 Å². The minimum atomic E-state index is -4.97. The van der Waals surface area contributed by atoms with Crippen LogP contribution >= 0.6 is 0 Å². The smallest absolute Gasteiger partial charge is 0.506 e. The van der Waals surface area contributed by atoms with Crippen molar-refractivity contribution in [2.45, 2.75) is 66.3 Å². The lowest BCUT2D eigenvalue weighted by Crippen LogP contribution is -2.37. The maximum Gasteiger partial charge on any atom is 0.573 e. The first-order valence-electron chi connectivity index (χ1n) is 15.1. The first-order chi connectivity index (χ1) is 23.2. The van der Waals surface area contributed by atoms with E-state index in [4.69, 9.17) is 14.3 Å². The quantitative estimate of drug-likeness (QED) is 0.133. The normalized spacial score (nSPS) is 13.9. The number of nitrogens with one attached hydrogen (secondary N) is 1. The van der Waals surface area contributed by atoms with Crippen molar-refractivity contribution in [3.05, 3.63) is 88.9 Å². The number of hydrogen-bond donors (Lipinski definition) is 2. The number of para-hydroxylation sites is 2. The zero-order valence-corrected chi connectivity index (χ0v) is 28.0. The molecule has 0 aromatic heterocycles. The molecule has 0 fully saturated rings. The summed E-state index contributed by atoms with van der Waals surface area (Å²) in [7, 11) is 0. The van der Waals surface area contributed by atoms with Gasteiger partial charge >= 0.3 is 6.36 Å². The fourth-order valence-electron chi connectivity index (χ4n) is 5.18. The molecule has 3 aromatic carbocycles. The molecular weight excluding hydrogens is 644 g/mol. The van der Waals surface area contributed by atoms with Crippen LogP contribution in [-0.2, 0) is 20.8 Å². The minimum Gasteiger partial charge on any atom is -0.506 e. The summed E-state index contributed by atoms with van der Waals surface area (Å²) in [4.78, 5) is 31.7. The van der Waals surface area contributed by atoms with Crippen molar-refractivity contribution in [3.8, 4) is 29.1 Å². The zero-order valence-electron chi connectivity index (χ0n) is 28.0. The highest BCUT2D eigenvalue weighted by Gasteiger charge is 2.38. The molecule has 1 atom stereocenters. The van der Waals surface area contributed by atoms with Crippen LogP contribution in [0.1, 0.15) is 64.6 Å². The standard InChI is InChI=1S/C35H36F4N2O4.2CH2O/c1-6-8-18-44-24-16-17-25(26(36)20-24)33-22(3)27(21-34(4,5)7-2)40-32-28(13-11-14-29(32)42)41(33)31(43)19-23-12-9-10-15-30(23)45-35(37,38)39;2*1-2/h9-17,20,33,40,42H,7,18-19,21H2,1-5H3;2*1H2. The molecule has 8 nitrogen and oxygen atoms in total. The number of amides is 1. The maximum absolute atomic E-state index is 16.1. The van der Waals surface area contributed by atoms with Crippen LogP contribution in [0.5, 0.6) is 17.2 Å². The van der Waals surface area contributed by atoms with Gasteiger partial charge in [0, 0.05) is 22.9 Å². The van der Waals surface area contributed by atoms with E-state index < -0.39 is 36.3 Å². The molecule has 49 heavy (non-hydrogen) atoms. The van der Waals surface area contributed by atoms with Gasteiger partial charge in [0.05, 0.1) is 18.2 Å². The van der Waals surface area contributed by atoms with Gasteiger partial charge in [-0.25, -0.2) is 4.39 Å². The average molecular weight is 685 g/mol. The van der Waals surface area contributed by atoms with Crippen LogP contribution in [0.4, 0.5) is 28.9 Å². The first kappa shape index (κ1) is 39.9. The minimum absolute atomic E-state index is 0.00675. The summed E-state index contributed by atoms with van der Waals surface area (Å²) < 4.78 is 65.4. The molecule has 0 bridgehead atoms. The van der Waals surface area contributed by atoms with Gasteiger partial charge in [-0.15, -0.1) is 19.1 Å². The molecule has 0 radical (unpaired) electrons. The van der Waals surface area contributed by atoms with Crippen molar-refractivity contribution in [1.29, 1.82) is 0 Å². The Bertz CT molecular complexity index is 1690. The summed E-state index contributed by atoms with van der Waals surface area (Å²) in [6.45, 7) is 13.7. The average Bonchev–Trinajstić information content (AvgIpc) is 3.18. The van der Waals surface area contributed by atoms with Crippen LogP contribution in [0.2, 0.25) is 0 Å². The van der Waals surface area contributed by atoms with Gasteiger partial charge in [-0.2, -0.15) is 0 Å². The Morgan fingerprint density at radius 1 is 1.04 bits per heavy atom. The number of benzene rings is 3. The molecule has 0 saturated carbocycles. The first-order valence-corrected chi connectivity index (χ1v) is 15.1. The van der Waals surface area contributed by atoms with E-state index in [0.717, 1.165) is 12.5 Å². The van der Waals surface area contributed by atoms with E-state index >= 15 is 4.39 Å². The van der Waals surface area contributed by atoms with Crippen molar-refractivity contribution < 1.29 is 46.5 Å². The van der Waals surface area contributed by atoms with Crippen LogP contribution in [-0.4, -0.2) is 37.6 Å². The molecule has 1 aliphatic rings. The molecular formula is C37H40F4N2O6. The second-order valence-electron chi connectivity index (χ2n) is 11.5. The van der Waals surface area contributed by atoms with Gasteiger partial charge < -0.3 is 29.5 Å². The number of alkyl halides is 3. The third kappa shape index (κ3) is 10.3. The van der Waals surface area contributed by atoms with Crippen molar-refractivity contribution in [3.63, 3.8) is 0 Å². The molecule has 12 heteroatoms. The summed E-state index contributed by atoms with van der Waals surface area (Å²) in [5.41, 5.74) is 1.68. The zero-order chi connectivity index (χ0) is 36.9. The number of nitrogens with zero attached hydrogens (tertiary/aromatic N) is 1. The van der Waals surface area contributed by atoms with Gasteiger partial charge in [-0.1, -0.05) is 57.4 Å². The van der Waals surface area contributed by atoms with E-state index in [0.29, 0.717) is 17.7 Å². The number of ether oxygens (including phenoxy) is 2. The number of phenols is 1. The summed E-state index contributed by atoms with van der Waals surface area (Å²) in [5, 5.41) is 14.3. The number of aromatic hydroxyl groups is 1. The molecule has 1 aliphatic heterocycles. The van der Waals surface area contributed by atoms with Crippen LogP contribution < -0.4 is 19.7 Å². The lowest BCUT2D eigenvalue weighted by Gasteiger charge is -2.33. The molecule has 3 aromatic rings. The van der Waals surface area contributed by atoms with Crippen LogP contribution in [0, 0.1) is 23.1 Å². The van der Waals surface area contributed by atoms with Crippen molar-refractivity contribution in [1.82, 2.24) is 0 Å². The highest BCUT2D eigenvalue weighted by Crippen LogP contribution is 2.48. The third-order valence-electron chi connectivity index (χ3n) is 7.88. The highest BCUT2D eigenvalue weighted by molar-refractivity contribution is 6.01. The fourth-order valence-corrected chi connectivity index (χ4v) is 5.18. The van der Waals surface area contributed by atoms with Gasteiger partial charge in [0.2, 0.25) is 5.91 Å². The predicted molar refractivity (Wildman–Crippen MR) is 180 cm³/mol. The van der Waals surface area contributed by atoms with E-state index in [9.17, 15) is 23.1 Å². The molecule has 1 heterocycles. The molecule has 1 amide bonds. The van der Waals surface area contributed by atoms with E-state index in [2.05, 4.69) is 35.7 Å². The Morgan fingerprint density at radius 3 is 2.33 bits per heavy atom. The topological polar surface area (TPSA) is 105 Å². The predicted octanol–water partition coefficient (Wildman–Crippen LogP) is 8.31. The Kier molecular flexibility index (Phi) is 14.4. The van der Waals surface area contributed by atoms with Crippen LogP contribution in [0.25, 0.3) is 0 Å². The van der Waals surface area contributed by atoms with Crippen LogP contribution in [0.3, 0.4) is 0 Å². The Balaban J connectivity index is 0.00000201.